The third-order valence-electron chi connectivity index (χ3n) is 2.16. The van der Waals surface area contributed by atoms with Crippen molar-refractivity contribution in [1.82, 2.24) is 0 Å². The number of hydrogen-bond acceptors (Lipinski definition) is 2. The van der Waals surface area contributed by atoms with Gasteiger partial charge in [0, 0.05) is 0 Å². The first-order valence-electron chi connectivity index (χ1n) is 4.28. The second-order valence-electron chi connectivity index (χ2n) is 3.38. The normalized spacial score (nSPS) is 13.9. The molecule has 1 aromatic carbocycles. The maximum atomic E-state index is 5.32. The lowest BCUT2D eigenvalue weighted by atomic mass is 10.0. The molecule has 12 heavy (non-hydrogen) atoms. The van der Waals surface area contributed by atoms with Crippen LogP contribution in [0.15, 0.2) is 18.2 Å². The second-order valence-corrected chi connectivity index (χ2v) is 3.38. The lowest BCUT2D eigenvalue weighted by Gasteiger charge is -2.05. The molecular formula is C10H13NO. The van der Waals surface area contributed by atoms with Crippen LogP contribution in [0.5, 0.6) is 5.75 Å². The fraction of sp³-hybridized carbons (Fsp3) is 0.400. The van der Waals surface area contributed by atoms with Gasteiger partial charge < -0.3 is 10.1 Å². The summed E-state index contributed by atoms with van der Waals surface area (Å²) in [6.45, 7) is 4.99. The Morgan fingerprint density at radius 3 is 3.00 bits per heavy atom. The summed E-state index contributed by atoms with van der Waals surface area (Å²) in [5.74, 6) is 1.55. The van der Waals surface area contributed by atoms with E-state index in [0.29, 0.717) is 12.6 Å². The van der Waals surface area contributed by atoms with Crippen LogP contribution in [0, 0.1) is 0 Å². The standard InChI is InChI=1S/C10H13NO/c1-7(2)8-3-4-10-9(5-8)11-6-12-10/h3-5,7,11H,6H2,1-2H3. The summed E-state index contributed by atoms with van der Waals surface area (Å²) in [5, 5.41) is 3.17. The molecule has 0 aromatic heterocycles. The van der Waals surface area contributed by atoms with Crippen LogP contribution in [0.25, 0.3) is 0 Å². The Balaban J connectivity index is 2.39. The molecule has 2 rings (SSSR count). The summed E-state index contributed by atoms with van der Waals surface area (Å²) in [6, 6.07) is 6.31. The van der Waals surface area contributed by atoms with E-state index >= 15 is 0 Å². The molecule has 0 aliphatic carbocycles. The highest BCUT2D eigenvalue weighted by atomic mass is 16.5. The molecule has 0 bridgehead atoms. The van der Waals surface area contributed by atoms with Gasteiger partial charge >= 0.3 is 0 Å². The Labute approximate surface area is 72.5 Å². The van der Waals surface area contributed by atoms with Crippen LogP contribution < -0.4 is 10.1 Å². The van der Waals surface area contributed by atoms with Crippen molar-refractivity contribution in [2.75, 3.05) is 12.0 Å². The van der Waals surface area contributed by atoms with E-state index in [2.05, 4.69) is 31.3 Å². The van der Waals surface area contributed by atoms with Crippen molar-refractivity contribution in [3.8, 4) is 5.75 Å². The highest BCUT2D eigenvalue weighted by Gasteiger charge is 2.11. The lowest BCUT2D eigenvalue weighted by Crippen LogP contribution is -1.96. The van der Waals surface area contributed by atoms with Crippen LogP contribution in [0.3, 0.4) is 0 Å². The van der Waals surface area contributed by atoms with E-state index in [1.54, 1.807) is 0 Å². The predicted octanol–water partition coefficient (Wildman–Crippen LogP) is 2.57. The molecule has 0 amide bonds. The van der Waals surface area contributed by atoms with Crippen LogP contribution in [-0.4, -0.2) is 6.73 Å². The van der Waals surface area contributed by atoms with Crippen molar-refractivity contribution in [3.05, 3.63) is 23.8 Å². The Bertz CT molecular complexity index is 294. The van der Waals surface area contributed by atoms with Gasteiger partial charge in [-0.3, -0.25) is 0 Å². The topological polar surface area (TPSA) is 21.3 Å². The molecule has 1 aliphatic rings. The lowest BCUT2D eigenvalue weighted by molar-refractivity contribution is 0.372. The molecule has 0 fully saturated rings. The molecule has 0 saturated heterocycles. The Morgan fingerprint density at radius 2 is 2.25 bits per heavy atom. The maximum Gasteiger partial charge on any atom is 0.159 e. The molecule has 1 aromatic rings. The maximum absolute atomic E-state index is 5.32. The minimum Gasteiger partial charge on any atom is -0.471 e. The Kier molecular flexibility index (Phi) is 1.68. The van der Waals surface area contributed by atoms with Crippen LogP contribution >= 0.6 is 0 Å². The number of benzene rings is 1. The fourth-order valence-corrected chi connectivity index (χ4v) is 1.36. The molecule has 1 heterocycles. The van der Waals surface area contributed by atoms with Gasteiger partial charge in [0.1, 0.15) is 5.75 Å². The zero-order valence-corrected chi connectivity index (χ0v) is 7.42. The van der Waals surface area contributed by atoms with Crippen molar-refractivity contribution >= 4 is 5.69 Å². The van der Waals surface area contributed by atoms with E-state index in [9.17, 15) is 0 Å². The van der Waals surface area contributed by atoms with Crippen molar-refractivity contribution in [2.24, 2.45) is 0 Å². The Hall–Kier alpha value is -1.18. The molecule has 0 spiro atoms. The molecule has 1 aliphatic heterocycles. The van der Waals surface area contributed by atoms with Gasteiger partial charge in [0.25, 0.3) is 0 Å². The van der Waals surface area contributed by atoms with Gasteiger partial charge in [0.05, 0.1) is 5.69 Å². The van der Waals surface area contributed by atoms with Crippen molar-refractivity contribution < 1.29 is 4.74 Å². The first kappa shape index (κ1) is 7.47. The van der Waals surface area contributed by atoms with Gasteiger partial charge in [-0.25, -0.2) is 0 Å². The van der Waals surface area contributed by atoms with E-state index in [-0.39, 0.29) is 0 Å². The van der Waals surface area contributed by atoms with E-state index < -0.39 is 0 Å². The monoisotopic (exact) mass is 163 g/mol. The number of ether oxygens (including phenoxy) is 1. The van der Waals surface area contributed by atoms with E-state index in [4.69, 9.17) is 4.74 Å². The molecule has 0 atom stereocenters. The first-order chi connectivity index (χ1) is 5.77. The van der Waals surface area contributed by atoms with Crippen LogP contribution in [0.1, 0.15) is 25.3 Å². The molecule has 1 N–H and O–H groups in total. The molecule has 2 heteroatoms. The van der Waals surface area contributed by atoms with Crippen LogP contribution in [0.4, 0.5) is 5.69 Å². The molecule has 0 unspecified atom stereocenters. The molecule has 0 saturated carbocycles. The third kappa shape index (κ3) is 1.13. The van der Waals surface area contributed by atoms with Gasteiger partial charge in [-0.05, 0) is 23.6 Å². The third-order valence-corrected chi connectivity index (χ3v) is 2.16. The van der Waals surface area contributed by atoms with Gasteiger partial charge in [-0.1, -0.05) is 19.9 Å². The van der Waals surface area contributed by atoms with Gasteiger partial charge in [0.15, 0.2) is 6.73 Å². The van der Waals surface area contributed by atoms with E-state index in [1.165, 1.54) is 5.56 Å². The predicted molar refractivity (Wildman–Crippen MR) is 49.6 cm³/mol. The molecule has 0 radical (unpaired) electrons. The van der Waals surface area contributed by atoms with Gasteiger partial charge in [0.2, 0.25) is 0 Å². The minimum absolute atomic E-state index is 0.581. The first-order valence-corrected chi connectivity index (χ1v) is 4.28. The zero-order chi connectivity index (χ0) is 8.55. The van der Waals surface area contributed by atoms with Crippen molar-refractivity contribution in [2.45, 2.75) is 19.8 Å². The molecule has 64 valence electrons. The van der Waals surface area contributed by atoms with E-state index in [1.807, 2.05) is 6.07 Å². The molecular weight excluding hydrogens is 150 g/mol. The Morgan fingerprint density at radius 1 is 1.42 bits per heavy atom. The summed E-state index contributed by atoms with van der Waals surface area (Å²) < 4.78 is 5.32. The summed E-state index contributed by atoms with van der Waals surface area (Å²) in [7, 11) is 0. The smallest absolute Gasteiger partial charge is 0.159 e. The van der Waals surface area contributed by atoms with E-state index in [0.717, 1.165) is 11.4 Å². The number of rotatable bonds is 1. The zero-order valence-electron chi connectivity index (χ0n) is 7.42. The van der Waals surface area contributed by atoms with Crippen LogP contribution in [-0.2, 0) is 0 Å². The minimum atomic E-state index is 0.581. The van der Waals surface area contributed by atoms with Crippen LogP contribution in [0.2, 0.25) is 0 Å². The summed E-state index contributed by atoms with van der Waals surface area (Å²) in [4.78, 5) is 0. The highest BCUT2D eigenvalue weighted by Crippen LogP contribution is 2.31. The number of anilines is 1. The quantitative estimate of drug-likeness (QED) is 0.687. The average molecular weight is 163 g/mol. The largest absolute Gasteiger partial charge is 0.471 e. The van der Waals surface area contributed by atoms with Crippen molar-refractivity contribution in [1.29, 1.82) is 0 Å². The fourth-order valence-electron chi connectivity index (χ4n) is 1.36. The number of fused-ring (bicyclic) bond motifs is 1. The van der Waals surface area contributed by atoms with Crippen molar-refractivity contribution in [3.63, 3.8) is 0 Å². The SMILES string of the molecule is CC(C)c1ccc2c(c1)NCO2. The number of nitrogens with one attached hydrogen (secondary N) is 1. The van der Waals surface area contributed by atoms with Gasteiger partial charge in [-0.2, -0.15) is 0 Å². The summed E-state index contributed by atoms with van der Waals surface area (Å²) in [6.07, 6.45) is 0. The second kappa shape index (κ2) is 2.70. The average Bonchev–Trinajstić information content (AvgIpc) is 2.49. The highest BCUT2D eigenvalue weighted by molar-refractivity contribution is 5.60. The van der Waals surface area contributed by atoms with Gasteiger partial charge in [-0.15, -0.1) is 0 Å². The molecule has 2 nitrogen and oxygen atoms in total. The summed E-state index contributed by atoms with van der Waals surface area (Å²) >= 11 is 0. The number of hydrogen-bond donors (Lipinski definition) is 1. The summed E-state index contributed by atoms with van der Waals surface area (Å²) in [5.41, 5.74) is 2.48.